The first-order valence-corrected chi connectivity index (χ1v) is 7.94. The van der Waals surface area contributed by atoms with Crippen LogP contribution in [-0.2, 0) is 6.54 Å². The minimum absolute atomic E-state index is 0.220. The number of nitrogens with two attached hydrogens (primary N) is 1. The summed E-state index contributed by atoms with van der Waals surface area (Å²) in [6.45, 7) is 2.51. The van der Waals surface area contributed by atoms with Crippen molar-refractivity contribution in [2.75, 3.05) is 14.2 Å². The number of fused-ring (bicyclic) bond motifs is 1. The highest BCUT2D eigenvalue weighted by Gasteiger charge is 2.17. The van der Waals surface area contributed by atoms with Crippen LogP contribution in [0, 0.1) is 11.3 Å². The van der Waals surface area contributed by atoms with Gasteiger partial charge in [0.25, 0.3) is 0 Å². The molecule has 0 saturated carbocycles. The zero-order valence-electron chi connectivity index (χ0n) is 14.5. The van der Waals surface area contributed by atoms with E-state index in [1.54, 1.807) is 14.2 Å². The first kappa shape index (κ1) is 16.8. The van der Waals surface area contributed by atoms with E-state index in [4.69, 9.17) is 20.5 Å². The Hall–Kier alpha value is -3.04. The van der Waals surface area contributed by atoms with Gasteiger partial charge in [-0.1, -0.05) is 12.1 Å². The van der Waals surface area contributed by atoms with Gasteiger partial charge in [0, 0.05) is 18.7 Å². The number of ether oxygens (including phenoxy) is 2. The molecular formula is C19H20N4O2. The van der Waals surface area contributed by atoms with E-state index in [1.165, 1.54) is 0 Å². The molecule has 0 fully saturated rings. The van der Waals surface area contributed by atoms with Crippen molar-refractivity contribution in [2.45, 2.75) is 19.5 Å². The summed E-state index contributed by atoms with van der Waals surface area (Å²) < 4.78 is 12.9. The Bertz CT molecular complexity index is 937. The standard InChI is InChI=1S/C19H20N4O2/c1-12(21)19-22-15-8-17(24-2)18(25-3)9-16(15)23(19)11-14-6-4-13(10-20)5-7-14/h4-9,12H,11,21H2,1-3H3. The number of hydrogen-bond donors (Lipinski definition) is 1. The number of methoxy groups -OCH3 is 2. The maximum atomic E-state index is 8.94. The van der Waals surface area contributed by atoms with Crippen molar-refractivity contribution < 1.29 is 9.47 Å². The van der Waals surface area contributed by atoms with Crippen molar-refractivity contribution in [3.05, 3.63) is 53.3 Å². The average Bonchev–Trinajstić information content (AvgIpc) is 2.98. The topological polar surface area (TPSA) is 86.1 Å². The van der Waals surface area contributed by atoms with Crippen LogP contribution < -0.4 is 15.2 Å². The molecule has 128 valence electrons. The number of rotatable bonds is 5. The van der Waals surface area contributed by atoms with Crippen molar-refractivity contribution in [3.63, 3.8) is 0 Å². The van der Waals surface area contributed by atoms with Crippen LogP contribution in [0.3, 0.4) is 0 Å². The van der Waals surface area contributed by atoms with Crippen LogP contribution in [0.1, 0.15) is 29.9 Å². The molecule has 0 aliphatic carbocycles. The van der Waals surface area contributed by atoms with Crippen molar-refractivity contribution in [1.82, 2.24) is 9.55 Å². The highest BCUT2D eigenvalue weighted by molar-refractivity contribution is 5.81. The molecule has 0 radical (unpaired) electrons. The van der Waals surface area contributed by atoms with Gasteiger partial charge >= 0.3 is 0 Å². The van der Waals surface area contributed by atoms with E-state index < -0.39 is 0 Å². The van der Waals surface area contributed by atoms with E-state index in [0.29, 0.717) is 23.6 Å². The summed E-state index contributed by atoms with van der Waals surface area (Å²) in [6.07, 6.45) is 0. The maximum absolute atomic E-state index is 8.94. The first-order chi connectivity index (χ1) is 12.1. The highest BCUT2D eigenvalue weighted by Crippen LogP contribution is 2.33. The number of nitrogens with zero attached hydrogens (tertiary/aromatic N) is 3. The second-order valence-electron chi connectivity index (χ2n) is 5.85. The zero-order chi connectivity index (χ0) is 18.0. The Balaban J connectivity index is 2.13. The Morgan fingerprint density at radius 2 is 1.80 bits per heavy atom. The minimum Gasteiger partial charge on any atom is -0.493 e. The summed E-state index contributed by atoms with van der Waals surface area (Å²) in [5.74, 6) is 2.07. The summed E-state index contributed by atoms with van der Waals surface area (Å²) in [4.78, 5) is 4.68. The normalized spacial score (nSPS) is 12.0. The third-order valence-corrected chi connectivity index (χ3v) is 4.11. The smallest absolute Gasteiger partial charge is 0.163 e. The number of hydrogen-bond acceptors (Lipinski definition) is 5. The van der Waals surface area contributed by atoms with Crippen molar-refractivity contribution in [2.24, 2.45) is 5.73 Å². The summed E-state index contributed by atoms with van der Waals surface area (Å²) in [5, 5.41) is 8.94. The lowest BCUT2D eigenvalue weighted by Crippen LogP contribution is -2.14. The lowest BCUT2D eigenvalue weighted by atomic mass is 10.1. The molecule has 6 nitrogen and oxygen atoms in total. The Morgan fingerprint density at radius 1 is 1.16 bits per heavy atom. The van der Waals surface area contributed by atoms with Crippen LogP contribution in [-0.4, -0.2) is 23.8 Å². The molecule has 2 aromatic carbocycles. The third-order valence-electron chi connectivity index (χ3n) is 4.11. The van der Waals surface area contributed by atoms with E-state index >= 15 is 0 Å². The van der Waals surface area contributed by atoms with Crippen LogP contribution >= 0.6 is 0 Å². The van der Waals surface area contributed by atoms with Gasteiger partial charge in [-0.05, 0) is 24.6 Å². The maximum Gasteiger partial charge on any atom is 0.163 e. The molecule has 0 amide bonds. The quantitative estimate of drug-likeness (QED) is 0.774. The second kappa shape index (κ2) is 6.83. The molecule has 1 aromatic heterocycles. The molecule has 6 heteroatoms. The molecule has 3 aromatic rings. The third kappa shape index (κ3) is 3.14. The molecule has 1 atom stereocenters. The SMILES string of the molecule is COc1cc2nc(C(C)N)n(Cc3ccc(C#N)cc3)c2cc1OC. The van der Waals surface area contributed by atoms with Crippen molar-refractivity contribution >= 4 is 11.0 Å². The van der Waals surface area contributed by atoms with E-state index in [0.717, 1.165) is 22.4 Å². The second-order valence-corrected chi connectivity index (χ2v) is 5.85. The summed E-state index contributed by atoms with van der Waals surface area (Å²) in [6, 6.07) is 13.2. The summed E-state index contributed by atoms with van der Waals surface area (Å²) >= 11 is 0. The summed E-state index contributed by atoms with van der Waals surface area (Å²) in [5.41, 5.74) is 9.56. The predicted molar refractivity (Wildman–Crippen MR) is 95.7 cm³/mol. The molecule has 1 unspecified atom stereocenters. The van der Waals surface area contributed by atoms with Crippen LogP contribution in [0.4, 0.5) is 0 Å². The van der Waals surface area contributed by atoms with E-state index in [1.807, 2.05) is 43.3 Å². The first-order valence-electron chi connectivity index (χ1n) is 7.94. The Kier molecular flexibility index (Phi) is 4.59. The number of aromatic nitrogens is 2. The lowest BCUT2D eigenvalue weighted by molar-refractivity contribution is 0.355. The van der Waals surface area contributed by atoms with E-state index in [-0.39, 0.29) is 6.04 Å². The van der Waals surface area contributed by atoms with Gasteiger partial charge in [0.1, 0.15) is 5.82 Å². The molecule has 2 N–H and O–H groups in total. The fraction of sp³-hybridized carbons (Fsp3) is 0.263. The van der Waals surface area contributed by atoms with Crippen LogP contribution in [0.5, 0.6) is 11.5 Å². The monoisotopic (exact) mass is 336 g/mol. The molecule has 1 heterocycles. The van der Waals surface area contributed by atoms with Gasteiger partial charge in [0.15, 0.2) is 11.5 Å². The average molecular weight is 336 g/mol. The van der Waals surface area contributed by atoms with Gasteiger partial charge in [-0.3, -0.25) is 0 Å². The fourth-order valence-corrected chi connectivity index (χ4v) is 2.85. The molecular weight excluding hydrogens is 316 g/mol. The Morgan fingerprint density at radius 3 is 2.36 bits per heavy atom. The molecule has 25 heavy (non-hydrogen) atoms. The Labute approximate surface area is 146 Å². The minimum atomic E-state index is -0.220. The molecule has 0 aliphatic heterocycles. The molecule has 0 saturated heterocycles. The number of imidazole rings is 1. The fourth-order valence-electron chi connectivity index (χ4n) is 2.85. The summed E-state index contributed by atoms with van der Waals surface area (Å²) in [7, 11) is 3.21. The highest BCUT2D eigenvalue weighted by atomic mass is 16.5. The van der Waals surface area contributed by atoms with Crippen molar-refractivity contribution in [3.8, 4) is 17.6 Å². The van der Waals surface area contributed by atoms with Gasteiger partial charge in [0.05, 0.1) is 42.9 Å². The van der Waals surface area contributed by atoms with Gasteiger partial charge in [-0.15, -0.1) is 0 Å². The zero-order valence-corrected chi connectivity index (χ0v) is 14.5. The van der Waals surface area contributed by atoms with Gasteiger partial charge in [-0.2, -0.15) is 5.26 Å². The molecule has 0 aliphatic rings. The number of nitriles is 1. The van der Waals surface area contributed by atoms with Gasteiger partial charge < -0.3 is 19.8 Å². The van der Waals surface area contributed by atoms with Crippen LogP contribution in [0.25, 0.3) is 11.0 Å². The largest absolute Gasteiger partial charge is 0.493 e. The molecule has 3 rings (SSSR count). The van der Waals surface area contributed by atoms with E-state index in [9.17, 15) is 0 Å². The molecule has 0 bridgehead atoms. The van der Waals surface area contributed by atoms with Crippen LogP contribution in [0.15, 0.2) is 36.4 Å². The predicted octanol–water partition coefficient (Wildman–Crippen LogP) is 2.99. The van der Waals surface area contributed by atoms with E-state index in [2.05, 4.69) is 15.6 Å². The number of benzene rings is 2. The van der Waals surface area contributed by atoms with Gasteiger partial charge in [-0.25, -0.2) is 4.98 Å². The lowest BCUT2D eigenvalue weighted by Gasteiger charge is -2.13. The van der Waals surface area contributed by atoms with Crippen molar-refractivity contribution in [1.29, 1.82) is 5.26 Å². The van der Waals surface area contributed by atoms with Gasteiger partial charge in [0.2, 0.25) is 0 Å². The van der Waals surface area contributed by atoms with Crippen LogP contribution in [0.2, 0.25) is 0 Å². The molecule has 0 spiro atoms.